The summed E-state index contributed by atoms with van der Waals surface area (Å²) in [5.41, 5.74) is 1.86. The van der Waals surface area contributed by atoms with Crippen molar-refractivity contribution >= 4 is 39.6 Å². The van der Waals surface area contributed by atoms with Gasteiger partial charge in [-0.15, -0.1) is 11.3 Å². The van der Waals surface area contributed by atoms with Crippen molar-refractivity contribution in [2.75, 3.05) is 39.1 Å². The molecule has 1 aromatic heterocycles. The molecule has 0 radical (unpaired) electrons. The lowest BCUT2D eigenvalue weighted by atomic mass is 10.1. The van der Waals surface area contributed by atoms with Gasteiger partial charge < -0.3 is 20.3 Å². The smallest absolute Gasteiger partial charge is 0.341 e. The van der Waals surface area contributed by atoms with Gasteiger partial charge in [-0.2, -0.15) is 0 Å². The van der Waals surface area contributed by atoms with Crippen molar-refractivity contribution in [2.45, 2.75) is 45.4 Å². The normalized spacial score (nSPS) is 13.9. The van der Waals surface area contributed by atoms with Crippen molar-refractivity contribution < 1.29 is 9.53 Å². The van der Waals surface area contributed by atoms with Gasteiger partial charge in [-0.25, -0.2) is 4.79 Å². The van der Waals surface area contributed by atoms with Crippen LogP contribution in [0.25, 0.3) is 0 Å². The van der Waals surface area contributed by atoms with Gasteiger partial charge in [0.05, 0.1) is 12.2 Å². The molecular formula is C18H29N3O2S2. The number of esters is 1. The van der Waals surface area contributed by atoms with E-state index in [-0.39, 0.29) is 5.97 Å². The Balaban J connectivity index is 2.08. The first kappa shape index (κ1) is 20.1. The van der Waals surface area contributed by atoms with Gasteiger partial charge in [0.1, 0.15) is 5.00 Å². The summed E-state index contributed by atoms with van der Waals surface area (Å²) in [6.45, 7) is 4.05. The van der Waals surface area contributed by atoms with Crippen LogP contribution in [0.1, 0.15) is 53.4 Å². The molecule has 0 amide bonds. The number of nitrogens with one attached hydrogen (secondary N) is 2. The van der Waals surface area contributed by atoms with E-state index in [1.807, 2.05) is 6.92 Å². The number of ether oxygens (including phenoxy) is 1. The fraction of sp³-hybridized carbons (Fsp3) is 0.667. The molecule has 0 atom stereocenters. The molecule has 0 bridgehead atoms. The zero-order valence-corrected chi connectivity index (χ0v) is 17.1. The number of aryl methyl sites for hydroxylation is 1. The molecule has 140 valence electrons. The highest BCUT2D eigenvalue weighted by Gasteiger charge is 2.26. The second-order valence-electron chi connectivity index (χ2n) is 6.53. The van der Waals surface area contributed by atoms with E-state index >= 15 is 0 Å². The van der Waals surface area contributed by atoms with Crippen LogP contribution in [0.4, 0.5) is 5.00 Å². The standard InChI is InChI=1S/C18H29N3O2S2/c1-4-23-17(22)15-13-9-6-5-7-10-14(13)25-16(15)20-18(24)19-11-8-12-21(2)3/h4-12H2,1-3H3,(H2,19,20,24). The Morgan fingerprint density at radius 2 is 2.04 bits per heavy atom. The number of thiocarbonyl (C=S) groups is 1. The van der Waals surface area contributed by atoms with Gasteiger partial charge in [0.15, 0.2) is 5.11 Å². The molecular weight excluding hydrogens is 354 g/mol. The minimum Gasteiger partial charge on any atom is -0.462 e. The second-order valence-corrected chi connectivity index (χ2v) is 8.04. The molecule has 0 unspecified atom stereocenters. The van der Waals surface area contributed by atoms with Gasteiger partial charge in [0.2, 0.25) is 0 Å². The highest BCUT2D eigenvalue weighted by Crippen LogP contribution is 2.37. The molecule has 1 aliphatic rings. The van der Waals surface area contributed by atoms with Crippen LogP contribution < -0.4 is 10.6 Å². The summed E-state index contributed by atoms with van der Waals surface area (Å²) in [6.07, 6.45) is 6.53. The highest BCUT2D eigenvalue weighted by molar-refractivity contribution is 7.80. The van der Waals surface area contributed by atoms with Crippen molar-refractivity contribution in [3.63, 3.8) is 0 Å². The maximum Gasteiger partial charge on any atom is 0.341 e. The summed E-state index contributed by atoms with van der Waals surface area (Å²) in [5, 5.41) is 7.86. The molecule has 0 spiro atoms. The van der Waals surface area contributed by atoms with Gasteiger partial charge in [-0.05, 0) is 77.4 Å². The molecule has 0 fully saturated rings. The van der Waals surface area contributed by atoms with Gasteiger partial charge in [0, 0.05) is 11.4 Å². The number of nitrogens with zero attached hydrogens (tertiary/aromatic N) is 1. The van der Waals surface area contributed by atoms with Crippen molar-refractivity contribution in [3.05, 3.63) is 16.0 Å². The van der Waals surface area contributed by atoms with Crippen LogP contribution >= 0.6 is 23.6 Å². The van der Waals surface area contributed by atoms with E-state index in [1.165, 1.54) is 23.3 Å². The first-order valence-corrected chi connectivity index (χ1v) is 10.3. The van der Waals surface area contributed by atoms with E-state index < -0.39 is 0 Å². The number of carbonyl (C=O) groups is 1. The van der Waals surface area contributed by atoms with Gasteiger partial charge >= 0.3 is 5.97 Å². The summed E-state index contributed by atoms with van der Waals surface area (Å²) in [4.78, 5) is 16.0. The Morgan fingerprint density at radius 3 is 2.76 bits per heavy atom. The molecule has 1 aromatic rings. The number of thiophene rings is 1. The summed E-state index contributed by atoms with van der Waals surface area (Å²) in [5.74, 6) is -0.236. The first-order valence-electron chi connectivity index (χ1n) is 9.04. The molecule has 2 rings (SSSR count). The Kier molecular flexibility index (Phi) is 8.12. The molecule has 5 nitrogen and oxygen atoms in total. The molecule has 0 aromatic carbocycles. The molecule has 1 heterocycles. The zero-order valence-electron chi connectivity index (χ0n) is 15.4. The van der Waals surface area contributed by atoms with Gasteiger partial charge in [0.25, 0.3) is 0 Å². The van der Waals surface area contributed by atoms with Gasteiger partial charge in [-0.1, -0.05) is 6.42 Å². The number of fused-ring (bicyclic) bond motifs is 1. The van der Waals surface area contributed by atoms with Crippen molar-refractivity contribution in [2.24, 2.45) is 0 Å². The lowest BCUT2D eigenvalue weighted by molar-refractivity contribution is 0.0527. The van der Waals surface area contributed by atoms with E-state index in [4.69, 9.17) is 17.0 Å². The summed E-state index contributed by atoms with van der Waals surface area (Å²) < 4.78 is 5.30. The van der Waals surface area contributed by atoms with Crippen LogP contribution in [0.3, 0.4) is 0 Å². The monoisotopic (exact) mass is 383 g/mol. The topological polar surface area (TPSA) is 53.6 Å². The SMILES string of the molecule is CCOC(=O)c1c(NC(=S)NCCCN(C)C)sc2c1CCCCC2. The Hall–Kier alpha value is -1.18. The number of rotatable bonds is 7. The number of hydrogen-bond acceptors (Lipinski definition) is 5. The minimum absolute atomic E-state index is 0.236. The van der Waals surface area contributed by atoms with Crippen LogP contribution in [0.15, 0.2) is 0 Å². The summed E-state index contributed by atoms with van der Waals surface area (Å²) in [7, 11) is 4.11. The third kappa shape index (κ3) is 5.94. The average Bonchev–Trinajstić information content (AvgIpc) is 2.73. The fourth-order valence-corrected chi connectivity index (χ4v) is 4.54. The Bertz CT molecular complexity index is 599. The van der Waals surface area contributed by atoms with Crippen LogP contribution in [-0.2, 0) is 17.6 Å². The first-order chi connectivity index (χ1) is 12.0. The second kappa shape index (κ2) is 10.1. The van der Waals surface area contributed by atoms with Crippen LogP contribution in [-0.4, -0.2) is 49.8 Å². The lowest BCUT2D eigenvalue weighted by Gasteiger charge is -2.13. The highest BCUT2D eigenvalue weighted by atomic mass is 32.1. The van der Waals surface area contributed by atoms with Gasteiger partial charge in [-0.3, -0.25) is 0 Å². The molecule has 1 aliphatic carbocycles. The lowest BCUT2D eigenvalue weighted by Crippen LogP contribution is -2.31. The molecule has 0 aliphatic heterocycles. The fourth-order valence-electron chi connectivity index (χ4n) is 2.99. The van der Waals surface area contributed by atoms with E-state index in [0.29, 0.717) is 17.3 Å². The predicted octanol–water partition coefficient (Wildman–Crippen LogP) is 3.43. The molecule has 0 saturated heterocycles. The third-order valence-electron chi connectivity index (χ3n) is 4.20. The van der Waals surface area contributed by atoms with Crippen LogP contribution in [0, 0.1) is 0 Å². The van der Waals surface area contributed by atoms with E-state index in [9.17, 15) is 4.79 Å². The van der Waals surface area contributed by atoms with Crippen molar-refractivity contribution in [3.8, 4) is 0 Å². The Morgan fingerprint density at radius 1 is 1.28 bits per heavy atom. The molecule has 25 heavy (non-hydrogen) atoms. The largest absolute Gasteiger partial charge is 0.462 e. The van der Waals surface area contributed by atoms with E-state index in [2.05, 4.69) is 29.6 Å². The van der Waals surface area contributed by atoms with E-state index in [0.717, 1.165) is 43.8 Å². The zero-order chi connectivity index (χ0) is 18.2. The van der Waals surface area contributed by atoms with Crippen LogP contribution in [0.2, 0.25) is 0 Å². The Labute approximate surface area is 160 Å². The third-order valence-corrected chi connectivity index (χ3v) is 5.65. The van der Waals surface area contributed by atoms with Crippen LogP contribution in [0.5, 0.6) is 0 Å². The predicted molar refractivity (Wildman–Crippen MR) is 109 cm³/mol. The van der Waals surface area contributed by atoms with Crippen molar-refractivity contribution in [1.82, 2.24) is 10.2 Å². The summed E-state index contributed by atoms with van der Waals surface area (Å²) in [6, 6.07) is 0. The molecule has 0 saturated carbocycles. The molecule has 7 heteroatoms. The van der Waals surface area contributed by atoms with E-state index in [1.54, 1.807) is 11.3 Å². The maximum absolute atomic E-state index is 12.5. The number of hydrogen-bond donors (Lipinski definition) is 2. The quantitative estimate of drug-likeness (QED) is 0.326. The average molecular weight is 384 g/mol. The number of carbonyl (C=O) groups excluding carboxylic acids is 1. The molecule has 2 N–H and O–H groups in total. The number of anilines is 1. The summed E-state index contributed by atoms with van der Waals surface area (Å²) >= 11 is 7.07. The van der Waals surface area contributed by atoms with Crippen molar-refractivity contribution in [1.29, 1.82) is 0 Å². The maximum atomic E-state index is 12.5. The minimum atomic E-state index is -0.236.